The van der Waals surface area contributed by atoms with Crippen molar-refractivity contribution in [3.8, 4) is 0 Å². The summed E-state index contributed by atoms with van der Waals surface area (Å²) in [6.45, 7) is 5.15. The molecule has 5 heteroatoms. The quantitative estimate of drug-likeness (QED) is 0.795. The van der Waals surface area contributed by atoms with E-state index >= 15 is 0 Å². The van der Waals surface area contributed by atoms with Crippen molar-refractivity contribution in [2.24, 2.45) is 5.92 Å². The molecule has 0 aliphatic heterocycles. The Labute approximate surface area is 111 Å². The van der Waals surface area contributed by atoms with Gasteiger partial charge in [0.15, 0.2) is 5.78 Å². The van der Waals surface area contributed by atoms with E-state index in [0.717, 1.165) is 11.1 Å². The van der Waals surface area contributed by atoms with Crippen molar-refractivity contribution in [1.82, 2.24) is 0 Å². The van der Waals surface area contributed by atoms with Crippen LogP contribution >= 0.6 is 0 Å². The number of hydrogen-bond acceptors (Lipinski definition) is 3. The van der Waals surface area contributed by atoms with Crippen LogP contribution in [0.5, 0.6) is 0 Å². The molecule has 1 aromatic carbocycles. The molecule has 0 saturated carbocycles. The summed E-state index contributed by atoms with van der Waals surface area (Å²) in [5.41, 5.74) is 2.74. The molecule has 1 rings (SSSR count). The van der Waals surface area contributed by atoms with Crippen LogP contribution in [-0.2, 0) is 14.4 Å². The Bertz CT molecular complexity index is 522. The van der Waals surface area contributed by atoms with Crippen LogP contribution in [0.2, 0.25) is 0 Å². The monoisotopic (exact) mass is 263 g/mol. The fourth-order valence-corrected chi connectivity index (χ4v) is 1.47. The van der Waals surface area contributed by atoms with Gasteiger partial charge < -0.3 is 10.4 Å². The van der Waals surface area contributed by atoms with Gasteiger partial charge in [0.05, 0.1) is 6.42 Å². The van der Waals surface area contributed by atoms with Crippen LogP contribution in [0.4, 0.5) is 5.69 Å². The van der Waals surface area contributed by atoms with Gasteiger partial charge in [-0.2, -0.15) is 0 Å². The number of aliphatic carboxylic acids is 1. The molecule has 5 nitrogen and oxygen atoms in total. The summed E-state index contributed by atoms with van der Waals surface area (Å²) in [7, 11) is 0. The number of Topliss-reactive ketones (excluding diaryl/α,β-unsaturated/α-hetero) is 1. The van der Waals surface area contributed by atoms with Crippen molar-refractivity contribution >= 4 is 23.3 Å². The molecular formula is C14H17NO4. The fourth-order valence-electron chi connectivity index (χ4n) is 1.47. The lowest BCUT2D eigenvalue weighted by Crippen LogP contribution is -2.25. The highest BCUT2D eigenvalue weighted by Gasteiger charge is 2.22. The first-order valence-electron chi connectivity index (χ1n) is 5.94. The number of carboxylic acid groups (broad SMARTS) is 1. The largest absolute Gasteiger partial charge is 0.481 e. The van der Waals surface area contributed by atoms with Gasteiger partial charge in [-0.3, -0.25) is 14.4 Å². The molecule has 2 N–H and O–H groups in total. The topological polar surface area (TPSA) is 83.5 Å². The molecule has 1 amide bonds. The molecular weight excluding hydrogens is 246 g/mol. The summed E-state index contributed by atoms with van der Waals surface area (Å²) < 4.78 is 0. The second-order valence-electron chi connectivity index (χ2n) is 4.55. The zero-order valence-corrected chi connectivity index (χ0v) is 11.2. The van der Waals surface area contributed by atoms with Crippen LogP contribution in [0.1, 0.15) is 24.5 Å². The van der Waals surface area contributed by atoms with E-state index in [2.05, 4.69) is 5.32 Å². The lowest BCUT2D eigenvalue weighted by atomic mass is 10.0. The highest BCUT2D eigenvalue weighted by Crippen LogP contribution is 2.14. The number of aryl methyl sites for hydroxylation is 2. The summed E-state index contributed by atoms with van der Waals surface area (Å²) in [6.07, 6.45) is -0.430. The molecule has 0 aliphatic carbocycles. The van der Waals surface area contributed by atoms with Crippen LogP contribution in [0.15, 0.2) is 18.2 Å². The number of ketones is 1. The number of carboxylic acids is 1. The fraction of sp³-hybridized carbons (Fsp3) is 0.357. The highest BCUT2D eigenvalue weighted by molar-refractivity contribution is 6.09. The van der Waals surface area contributed by atoms with Crippen molar-refractivity contribution < 1.29 is 19.5 Å². The van der Waals surface area contributed by atoms with Crippen LogP contribution in [0.25, 0.3) is 0 Å². The smallest absolute Gasteiger partial charge is 0.313 e. The van der Waals surface area contributed by atoms with E-state index in [0.29, 0.717) is 5.69 Å². The number of nitrogens with one attached hydrogen (secondary N) is 1. The van der Waals surface area contributed by atoms with Crippen molar-refractivity contribution in [1.29, 1.82) is 0 Å². The molecule has 1 unspecified atom stereocenters. The minimum atomic E-state index is -1.22. The first kappa shape index (κ1) is 14.9. The third-order valence-corrected chi connectivity index (χ3v) is 2.98. The molecule has 19 heavy (non-hydrogen) atoms. The Balaban J connectivity index is 2.63. The van der Waals surface area contributed by atoms with E-state index in [1.54, 1.807) is 12.1 Å². The molecule has 0 fully saturated rings. The number of carbonyl (C=O) groups is 3. The van der Waals surface area contributed by atoms with Gasteiger partial charge in [0.2, 0.25) is 5.91 Å². The van der Waals surface area contributed by atoms with E-state index in [1.807, 2.05) is 19.9 Å². The van der Waals surface area contributed by atoms with E-state index in [-0.39, 0.29) is 0 Å². The van der Waals surface area contributed by atoms with Crippen molar-refractivity contribution in [2.75, 3.05) is 5.32 Å². The Kier molecular flexibility index (Phi) is 4.80. The second-order valence-corrected chi connectivity index (χ2v) is 4.55. The first-order valence-corrected chi connectivity index (χ1v) is 5.94. The van der Waals surface area contributed by atoms with Gasteiger partial charge in [-0.15, -0.1) is 0 Å². The highest BCUT2D eigenvalue weighted by atomic mass is 16.4. The third kappa shape index (κ3) is 4.21. The minimum absolute atomic E-state index is 0.430. The van der Waals surface area contributed by atoms with Crippen LogP contribution < -0.4 is 5.32 Å². The average Bonchev–Trinajstić information content (AvgIpc) is 2.32. The molecule has 0 spiro atoms. The number of amides is 1. The molecule has 1 atom stereocenters. The zero-order chi connectivity index (χ0) is 14.6. The number of carbonyl (C=O) groups excluding carboxylic acids is 2. The molecule has 0 radical (unpaired) electrons. The van der Waals surface area contributed by atoms with E-state index < -0.39 is 30.0 Å². The maximum absolute atomic E-state index is 11.6. The summed E-state index contributed by atoms with van der Waals surface area (Å²) in [6, 6.07) is 5.41. The number of benzene rings is 1. The van der Waals surface area contributed by atoms with Gasteiger partial charge in [0.25, 0.3) is 0 Å². The van der Waals surface area contributed by atoms with Gasteiger partial charge in [-0.1, -0.05) is 6.07 Å². The van der Waals surface area contributed by atoms with E-state index in [9.17, 15) is 14.4 Å². The lowest BCUT2D eigenvalue weighted by molar-refractivity contribution is -0.145. The molecule has 0 heterocycles. The Morgan fingerprint density at radius 1 is 1.21 bits per heavy atom. The summed E-state index contributed by atoms with van der Waals surface area (Å²) in [5.74, 6) is -3.48. The van der Waals surface area contributed by atoms with Gasteiger partial charge in [-0.25, -0.2) is 0 Å². The normalized spacial score (nSPS) is 11.7. The maximum Gasteiger partial charge on any atom is 0.313 e. The van der Waals surface area contributed by atoms with E-state index in [4.69, 9.17) is 5.11 Å². The SMILES string of the molecule is Cc1ccc(NC(=O)CC(=O)C(C)C(=O)O)cc1C. The number of hydrogen-bond donors (Lipinski definition) is 2. The number of rotatable bonds is 5. The lowest BCUT2D eigenvalue weighted by Gasteiger charge is -2.08. The van der Waals surface area contributed by atoms with Gasteiger partial charge in [0.1, 0.15) is 5.92 Å². The third-order valence-electron chi connectivity index (χ3n) is 2.98. The van der Waals surface area contributed by atoms with Crippen LogP contribution in [0, 0.1) is 19.8 Å². The Morgan fingerprint density at radius 3 is 2.37 bits per heavy atom. The number of anilines is 1. The average molecular weight is 263 g/mol. The zero-order valence-electron chi connectivity index (χ0n) is 11.2. The second kappa shape index (κ2) is 6.13. The Hall–Kier alpha value is -2.17. The standard InChI is InChI=1S/C14H17NO4/c1-8-4-5-11(6-9(8)2)15-13(17)7-12(16)10(3)14(18)19/h4-6,10H,7H2,1-3H3,(H,15,17)(H,18,19). The maximum atomic E-state index is 11.6. The molecule has 0 aromatic heterocycles. The van der Waals surface area contributed by atoms with Gasteiger partial charge >= 0.3 is 5.97 Å². The van der Waals surface area contributed by atoms with Gasteiger partial charge in [0, 0.05) is 5.69 Å². The molecule has 102 valence electrons. The van der Waals surface area contributed by atoms with Gasteiger partial charge in [-0.05, 0) is 44.0 Å². The molecule has 0 saturated heterocycles. The molecule has 1 aromatic rings. The molecule has 0 bridgehead atoms. The molecule has 0 aliphatic rings. The van der Waals surface area contributed by atoms with Crippen molar-refractivity contribution in [3.05, 3.63) is 29.3 Å². The summed E-state index contributed by atoms with van der Waals surface area (Å²) >= 11 is 0. The van der Waals surface area contributed by atoms with Crippen molar-refractivity contribution in [3.63, 3.8) is 0 Å². The minimum Gasteiger partial charge on any atom is -0.481 e. The summed E-state index contributed by atoms with van der Waals surface area (Å²) in [5, 5.41) is 11.3. The summed E-state index contributed by atoms with van der Waals surface area (Å²) in [4.78, 5) is 33.7. The van der Waals surface area contributed by atoms with Crippen LogP contribution in [-0.4, -0.2) is 22.8 Å². The van der Waals surface area contributed by atoms with Crippen LogP contribution in [0.3, 0.4) is 0 Å². The van der Waals surface area contributed by atoms with Crippen molar-refractivity contribution in [2.45, 2.75) is 27.2 Å². The first-order chi connectivity index (χ1) is 8.81. The predicted octanol–water partition coefficient (Wildman–Crippen LogP) is 1.92. The Morgan fingerprint density at radius 2 is 1.84 bits per heavy atom. The predicted molar refractivity (Wildman–Crippen MR) is 71.0 cm³/mol. The van der Waals surface area contributed by atoms with E-state index in [1.165, 1.54) is 6.92 Å².